The Labute approximate surface area is 136 Å². The highest BCUT2D eigenvalue weighted by atomic mass is 32.2. The predicted octanol–water partition coefficient (Wildman–Crippen LogP) is 3.86. The largest absolute Gasteiger partial charge is 0.440 e. The van der Waals surface area contributed by atoms with Gasteiger partial charge in [0.2, 0.25) is 5.89 Å². The molecule has 1 N–H and O–H groups in total. The third-order valence-electron chi connectivity index (χ3n) is 3.41. The van der Waals surface area contributed by atoms with Crippen molar-refractivity contribution in [1.29, 1.82) is 0 Å². The zero-order chi connectivity index (χ0) is 15.6. The van der Waals surface area contributed by atoms with Gasteiger partial charge in [-0.25, -0.2) is 19.9 Å². The lowest BCUT2D eigenvalue weighted by atomic mass is 10.2. The molecule has 3 heterocycles. The number of thioether (sulfide) groups is 1. The van der Waals surface area contributed by atoms with Gasteiger partial charge in [0.05, 0.1) is 17.8 Å². The Morgan fingerprint density at radius 1 is 1.09 bits per heavy atom. The minimum absolute atomic E-state index is 0.0221. The van der Waals surface area contributed by atoms with Gasteiger partial charge in [-0.05, 0) is 6.92 Å². The SMILES string of the molecule is C[C@@H](Sc1ncnc2nc[nH]c12)c1ncc(-c2ccccc2)o1. The van der Waals surface area contributed by atoms with E-state index in [0.717, 1.165) is 21.9 Å². The lowest BCUT2D eigenvalue weighted by molar-refractivity contribution is 0.510. The van der Waals surface area contributed by atoms with E-state index < -0.39 is 0 Å². The fraction of sp³-hybridized carbons (Fsp3) is 0.125. The molecule has 6 nitrogen and oxygen atoms in total. The predicted molar refractivity (Wildman–Crippen MR) is 87.9 cm³/mol. The molecule has 0 saturated carbocycles. The molecule has 0 bridgehead atoms. The molecule has 0 radical (unpaired) electrons. The standard InChI is InChI=1S/C16H13N5OS/c1-10(23-16-13-14(19-8-18-13)20-9-21-16)15-17-7-12(22-15)11-5-3-2-4-6-11/h2-10H,1H3,(H,18,19,20,21)/t10-/m1/s1. The summed E-state index contributed by atoms with van der Waals surface area (Å²) in [6, 6.07) is 9.93. The van der Waals surface area contributed by atoms with Crippen LogP contribution < -0.4 is 0 Å². The lowest BCUT2D eigenvalue weighted by Gasteiger charge is -2.06. The molecule has 114 valence electrons. The molecule has 3 aromatic heterocycles. The van der Waals surface area contributed by atoms with Gasteiger partial charge in [0.15, 0.2) is 11.4 Å². The molecule has 0 spiro atoms. The summed E-state index contributed by atoms with van der Waals surface area (Å²) >= 11 is 1.56. The van der Waals surface area contributed by atoms with Crippen LogP contribution in [0.5, 0.6) is 0 Å². The fourth-order valence-corrected chi connectivity index (χ4v) is 3.18. The number of benzene rings is 1. The van der Waals surface area contributed by atoms with Gasteiger partial charge in [-0.3, -0.25) is 0 Å². The Bertz CT molecular complexity index is 934. The second-order valence-electron chi connectivity index (χ2n) is 4.97. The lowest BCUT2D eigenvalue weighted by Crippen LogP contribution is -1.92. The molecule has 0 aliphatic rings. The van der Waals surface area contributed by atoms with Gasteiger partial charge in [-0.2, -0.15) is 0 Å². The number of oxazole rings is 1. The fourth-order valence-electron chi connectivity index (χ4n) is 2.26. The van der Waals surface area contributed by atoms with E-state index in [1.807, 2.05) is 37.3 Å². The second-order valence-corrected chi connectivity index (χ2v) is 6.30. The normalized spacial score (nSPS) is 12.6. The number of fused-ring (bicyclic) bond motifs is 1. The van der Waals surface area contributed by atoms with E-state index in [0.29, 0.717) is 11.5 Å². The van der Waals surface area contributed by atoms with Crippen molar-refractivity contribution in [2.24, 2.45) is 0 Å². The number of nitrogens with zero attached hydrogens (tertiary/aromatic N) is 4. The summed E-state index contributed by atoms with van der Waals surface area (Å²) in [5, 5.41) is 0.855. The van der Waals surface area contributed by atoms with E-state index in [9.17, 15) is 0 Å². The summed E-state index contributed by atoms with van der Waals surface area (Å²) in [5.74, 6) is 1.43. The minimum atomic E-state index is 0.0221. The van der Waals surface area contributed by atoms with Crippen molar-refractivity contribution in [2.45, 2.75) is 17.2 Å². The molecule has 0 amide bonds. The van der Waals surface area contributed by atoms with Crippen LogP contribution in [0.4, 0.5) is 0 Å². The van der Waals surface area contributed by atoms with Crippen molar-refractivity contribution in [3.63, 3.8) is 0 Å². The molecule has 0 aliphatic carbocycles. The van der Waals surface area contributed by atoms with E-state index in [1.165, 1.54) is 6.33 Å². The van der Waals surface area contributed by atoms with Crippen LogP contribution in [0.1, 0.15) is 18.1 Å². The Morgan fingerprint density at radius 2 is 1.96 bits per heavy atom. The molecule has 4 rings (SSSR count). The van der Waals surface area contributed by atoms with E-state index in [-0.39, 0.29) is 5.25 Å². The zero-order valence-corrected chi connectivity index (χ0v) is 13.1. The molecular weight excluding hydrogens is 310 g/mol. The average Bonchev–Trinajstić information content (AvgIpc) is 3.25. The first-order valence-electron chi connectivity index (χ1n) is 7.13. The van der Waals surface area contributed by atoms with Gasteiger partial charge in [0.25, 0.3) is 0 Å². The molecule has 0 aliphatic heterocycles. The van der Waals surface area contributed by atoms with Crippen molar-refractivity contribution in [3.05, 3.63) is 55.1 Å². The molecular formula is C16H13N5OS. The van der Waals surface area contributed by atoms with Crippen molar-refractivity contribution >= 4 is 22.9 Å². The highest BCUT2D eigenvalue weighted by molar-refractivity contribution is 7.99. The number of nitrogens with one attached hydrogen (secondary N) is 1. The maximum Gasteiger partial charge on any atom is 0.208 e. The number of hydrogen-bond donors (Lipinski definition) is 1. The van der Waals surface area contributed by atoms with Crippen molar-refractivity contribution < 1.29 is 4.42 Å². The number of aromatic amines is 1. The maximum atomic E-state index is 5.90. The van der Waals surface area contributed by atoms with Crippen LogP contribution in [0.3, 0.4) is 0 Å². The van der Waals surface area contributed by atoms with E-state index in [2.05, 4.69) is 24.9 Å². The summed E-state index contributed by atoms with van der Waals surface area (Å²) < 4.78 is 5.90. The van der Waals surface area contributed by atoms with Gasteiger partial charge in [-0.15, -0.1) is 0 Å². The van der Waals surface area contributed by atoms with Crippen LogP contribution in [-0.4, -0.2) is 24.9 Å². The monoisotopic (exact) mass is 323 g/mol. The summed E-state index contributed by atoms with van der Waals surface area (Å²) in [6.07, 6.45) is 4.89. The van der Waals surface area contributed by atoms with E-state index >= 15 is 0 Å². The quantitative estimate of drug-likeness (QED) is 0.454. The van der Waals surface area contributed by atoms with Gasteiger partial charge >= 0.3 is 0 Å². The molecule has 4 aromatic rings. The van der Waals surface area contributed by atoms with Crippen LogP contribution in [0.2, 0.25) is 0 Å². The Balaban J connectivity index is 1.59. The van der Waals surface area contributed by atoms with Crippen LogP contribution in [0, 0.1) is 0 Å². The Morgan fingerprint density at radius 3 is 2.83 bits per heavy atom. The van der Waals surface area contributed by atoms with Crippen molar-refractivity contribution in [1.82, 2.24) is 24.9 Å². The summed E-state index contributed by atoms with van der Waals surface area (Å²) in [4.78, 5) is 20.1. The summed E-state index contributed by atoms with van der Waals surface area (Å²) in [5.41, 5.74) is 2.51. The highest BCUT2D eigenvalue weighted by Crippen LogP contribution is 2.36. The molecule has 0 saturated heterocycles. The molecule has 0 unspecified atom stereocenters. The highest BCUT2D eigenvalue weighted by Gasteiger charge is 2.17. The number of aromatic nitrogens is 5. The smallest absolute Gasteiger partial charge is 0.208 e. The molecule has 0 fully saturated rings. The third kappa shape index (κ3) is 2.70. The average molecular weight is 323 g/mol. The second kappa shape index (κ2) is 5.85. The van der Waals surface area contributed by atoms with Crippen LogP contribution in [0.15, 0.2) is 58.6 Å². The van der Waals surface area contributed by atoms with Gasteiger partial charge in [0.1, 0.15) is 16.9 Å². The maximum absolute atomic E-state index is 5.90. The van der Waals surface area contributed by atoms with Crippen molar-refractivity contribution in [2.75, 3.05) is 0 Å². The van der Waals surface area contributed by atoms with Crippen LogP contribution in [0.25, 0.3) is 22.5 Å². The first-order chi connectivity index (χ1) is 11.3. The molecule has 1 aromatic carbocycles. The molecule has 1 atom stereocenters. The Kier molecular flexibility index (Phi) is 3.55. The number of rotatable bonds is 4. The van der Waals surface area contributed by atoms with Crippen LogP contribution in [-0.2, 0) is 0 Å². The third-order valence-corrected chi connectivity index (χ3v) is 4.49. The summed E-state index contributed by atoms with van der Waals surface area (Å²) in [7, 11) is 0. The van der Waals surface area contributed by atoms with Crippen molar-refractivity contribution in [3.8, 4) is 11.3 Å². The zero-order valence-electron chi connectivity index (χ0n) is 12.3. The first-order valence-corrected chi connectivity index (χ1v) is 8.01. The molecule has 23 heavy (non-hydrogen) atoms. The minimum Gasteiger partial charge on any atom is -0.440 e. The first kappa shape index (κ1) is 14.0. The van der Waals surface area contributed by atoms with Gasteiger partial charge in [0, 0.05) is 5.56 Å². The van der Waals surface area contributed by atoms with Gasteiger partial charge < -0.3 is 9.40 Å². The topological polar surface area (TPSA) is 80.5 Å². The van der Waals surface area contributed by atoms with Gasteiger partial charge in [-0.1, -0.05) is 42.1 Å². The van der Waals surface area contributed by atoms with E-state index in [4.69, 9.17) is 4.42 Å². The Hall–Kier alpha value is -2.67. The number of imidazole rings is 1. The van der Waals surface area contributed by atoms with E-state index in [1.54, 1.807) is 24.3 Å². The van der Waals surface area contributed by atoms with Crippen LogP contribution >= 0.6 is 11.8 Å². The number of hydrogen-bond acceptors (Lipinski definition) is 6. The number of H-pyrrole nitrogens is 1. The molecule has 7 heteroatoms. The summed E-state index contributed by atoms with van der Waals surface area (Å²) in [6.45, 7) is 2.04.